The lowest BCUT2D eigenvalue weighted by molar-refractivity contribution is -0.124. The number of nitrogens with zero attached hydrogens (tertiary/aromatic N) is 2. The summed E-state index contributed by atoms with van der Waals surface area (Å²) in [6.07, 6.45) is 7.76. The fraction of sp³-hybridized carbons (Fsp3) is 0.688. The van der Waals surface area contributed by atoms with E-state index in [-0.39, 0.29) is 5.91 Å². The Morgan fingerprint density at radius 2 is 1.95 bits per heavy atom. The van der Waals surface area contributed by atoms with Crippen molar-refractivity contribution in [3.8, 4) is 0 Å². The Bertz CT molecular complexity index is 542. The number of amides is 2. The van der Waals surface area contributed by atoms with E-state index in [0.29, 0.717) is 18.4 Å². The third kappa shape index (κ3) is 3.31. The lowest BCUT2D eigenvalue weighted by Gasteiger charge is -2.30. The van der Waals surface area contributed by atoms with Crippen LogP contribution < -0.4 is 11.1 Å². The zero-order valence-electron chi connectivity index (χ0n) is 13.5. The van der Waals surface area contributed by atoms with Crippen LogP contribution in [-0.2, 0) is 11.3 Å². The summed E-state index contributed by atoms with van der Waals surface area (Å²) in [5.41, 5.74) is 6.06. The average molecular weight is 306 g/mol. The average Bonchev–Trinajstić information content (AvgIpc) is 2.70. The Balaban J connectivity index is 2.19. The van der Waals surface area contributed by atoms with Gasteiger partial charge in [-0.05, 0) is 26.2 Å². The van der Waals surface area contributed by atoms with E-state index in [1.807, 2.05) is 11.6 Å². The molecule has 3 N–H and O–H groups in total. The zero-order valence-corrected chi connectivity index (χ0v) is 13.5. The van der Waals surface area contributed by atoms with Crippen molar-refractivity contribution in [1.29, 1.82) is 0 Å². The van der Waals surface area contributed by atoms with Gasteiger partial charge in [-0.1, -0.05) is 32.6 Å². The van der Waals surface area contributed by atoms with Gasteiger partial charge in [0.2, 0.25) is 5.91 Å². The number of rotatable bonds is 5. The molecule has 0 aliphatic heterocycles. The predicted molar refractivity (Wildman–Crippen MR) is 84.3 cm³/mol. The number of nitrogens with two attached hydrogens (primary N) is 1. The van der Waals surface area contributed by atoms with Crippen LogP contribution in [0, 0.1) is 6.92 Å². The van der Waals surface area contributed by atoms with Crippen molar-refractivity contribution in [3.05, 3.63) is 17.5 Å². The fourth-order valence-electron chi connectivity index (χ4n) is 3.16. The van der Waals surface area contributed by atoms with Crippen LogP contribution in [-0.4, -0.2) is 27.1 Å². The number of carbonyl (C=O) groups is 2. The number of nitrogens with one attached hydrogen (secondary N) is 1. The lowest BCUT2D eigenvalue weighted by Crippen LogP contribution is -2.57. The molecule has 0 bridgehead atoms. The highest BCUT2D eigenvalue weighted by Crippen LogP contribution is 2.27. The maximum absolute atomic E-state index is 12.6. The van der Waals surface area contributed by atoms with Crippen LogP contribution in [0.3, 0.4) is 0 Å². The van der Waals surface area contributed by atoms with Gasteiger partial charge in [-0.3, -0.25) is 14.3 Å². The molecule has 0 atom stereocenters. The monoisotopic (exact) mass is 306 g/mol. The largest absolute Gasteiger partial charge is 0.368 e. The summed E-state index contributed by atoms with van der Waals surface area (Å²) in [7, 11) is 0. The van der Waals surface area contributed by atoms with Crippen molar-refractivity contribution in [2.75, 3.05) is 0 Å². The van der Waals surface area contributed by atoms with Crippen LogP contribution >= 0.6 is 0 Å². The normalized spacial score (nSPS) is 17.7. The quantitative estimate of drug-likeness (QED) is 0.814. The van der Waals surface area contributed by atoms with Crippen LogP contribution in [0.5, 0.6) is 0 Å². The minimum absolute atomic E-state index is 0.249. The van der Waals surface area contributed by atoms with Crippen molar-refractivity contribution in [2.24, 2.45) is 5.73 Å². The van der Waals surface area contributed by atoms with Crippen LogP contribution in [0.2, 0.25) is 0 Å². The summed E-state index contributed by atoms with van der Waals surface area (Å²) in [6.45, 7) is 4.72. The number of hydrogen-bond acceptors (Lipinski definition) is 3. The summed E-state index contributed by atoms with van der Waals surface area (Å²) >= 11 is 0. The molecule has 6 nitrogen and oxygen atoms in total. The van der Waals surface area contributed by atoms with Crippen molar-refractivity contribution in [1.82, 2.24) is 15.1 Å². The molecule has 2 rings (SSSR count). The van der Waals surface area contributed by atoms with E-state index in [4.69, 9.17) is 5.73 Å². The first-order valence-corrected chi connectivity index (χ1v) is 8.15. The first-order valence-electron chi connectivity index (χ1n) is 8.15. The number of primary amides is 1. The topological polar surface area (TPSA) is 90.0 Å². The van der Waals surface area contributed by atoms with Gasteiger partial charge in [0.15, 0.2) is 0 Å². The van der Waals surface area contributed by atoms with Crippen molar-refractivity contribution in [3.63, 3.8) is 0 Å². The second kappa shape index (κ2) is 6.94. The van der Waals surface area contributed by atoms with Crippen molar-refractivity contribution >= 4 is 11.8 Å². The molecule has 1 aliphatic rings. The molecule has 1 aliphatic carbocycles. The molecule has 1 heterocycles. The molecular weight excluding hydrogens is 280 g/mol. The second-order valence-electron chi connectivity index (χ2n) is 6.18. The van der Waals surface area contributed by atoms with Gasteiger partial charge in [-0.15, -0.1) is 0 Å². The molecule has 2 amide bonds. The van der Waals surface area contributed by atoms with Crippen molar-refractivity contribution < 1.29 is 9.59 Å². The highest BCUT2D eigenvalue weighted by Gasteiger charge is 2.38. The maximum Gasteiger partial charge on any atom is 0.255 e. The van der Waals surface area contributed by atoms with E-state index in [1.54, 1.807) is 6.20 Å². The third-order valence-electron chi connectivity index (χ3n) is 4.56. The lowest BCUT2D eigenvalue weighted by atomic mass is 9.89. The van der Waals surface area contributed by atoms with Gasteiger partial charge in [-0.2, -0.15) is 5.10 Å². The molecule has 1 aromatic rings. The standard InChI is InChI=1S/C16H26N4O2/c1-3-10-20-12(2)13(11-18-20)14(21)19-16(15(17)22)8-6-4-5-7-9-16/h11H,3-10H2,1-2H3,(H2,17,22)(H,19,21). The molecule has 1 aromatic heterocycles. The summed E-state index contributed by atoms with van der Waals surface area (Å²) in [4.78, 5) is 24.6. The Kier molecular flexibility index (Phi) is 5.21. The molecular formula is C16H26N4O2. The molecule has 0 saturated heterocycles. The Morgan fingerprint density at radius 1 is 1.32 bits per heavy atom. The SMILES string of the molecule is CCCn1ncc(C(=O)NC2(C(N)=O)CCCCCC2)c1C. The van der Waals surface area contributed by atoms with Gasteiger partial charge in [0.1, 0.15) is 5.54 Å². The Labute approximate surface area is 131 Å². The van der Waals surface area contributed by atoms with E-state index in [2.05, 4.69) is 17.3 Å². The van der Waals surface area contributed by atoms with Crippen LogP contribution in [0.15, 0.2) is 6.20 Å². The maximum atomic E-state index is 12.6. The van der Waals surface area contributed by atoms with Gasteiger partial charge in [0.25, 0.3) is 5.91 Å². The third-order valence-corrected chi connectivity index (χ3v) is 4.56. The number of carbonyl (C=O) groups excluding carboxylic acids is 2. The van der Waals surface area contributed by atoms with E-state index in [1.165, 1.54) is 0 Å². The molecule has 0 radical (unpaired) electrons. The molecule has 22 heavy (non-hydrogen) atoms. The van der Waals surface area contributed by atoms with E-state index >= 15 is 0 Å². The van der Waals surface area contributed by atoms with E-state index in [0.717, 1.165) is 44.3 Å². The Morgan fingerprint density at radius 3 is 2.50 bits per heavy atom. The first kappa shape index (κ1) is 16.5. The predicted octanol–water partition coefficient (Wildman–Crippen LogP) is 1.91. The number of aromatic nitrogens is 2. The smallest absolute Gasteiger partial charge is 0.255 e. The fourth-order valence-corrected chi connectivity index (χ4v) is 3.16. The van der Waals surface area contributed by atoms with Crippen LogP contribution in [0.1, 0.15) is 67.9 Å². The van der Waals surface area contributed by atoms with Gasteiger partial charge >= 0.3 is 0 Å². The molecule has 0 spiro atoms. The van der Waals surface area contributed by atoms with Gasteiger partial charge < -0.3 is 11.1 Å². The molecule has 1 fully saturated rings. The molecule has 0 aromatic carbocycles. The summed E-state index contributed by atoms with van der Waals surface area (Å²) < 4.78 is 1.82. The Hall–Kier alpha value is -1.85. The minimum Gasteiger partial charge on any atom is -0.368 e. The van der Waals surface area contributed by atoms with Gasteiger partial charge in [0.05, 0.1) is 11.8 Å². The van der Waals surface area contributed by atoms with Crippen LogP contribution in [0.4, 0.5) is 0 Å². The molecule has 6 heteroatoms. The van der Waals surface area contributed by atoms with E-state index in [9.17, 15) is 9.59 Å². The zero-order chi connectivity index (χ0) is 16.2. The summed E-state index contributed by atoms with van der Waals surface area (Å²) in [5.74, 6) is -0.679. The second-order valence-corrected chi connectivity index (χ2v) is 6.18. The van der Waals surface area contributed by atoms with Gasteiger partial charge in [0, 0.05) is 12.2 Å². The molecule has 1 saturated carbocycles. The van der Waals surface area contributed by atoms with Crippen LogP contribution in [0.25, 0.3) is 0 Å². The highest BCUT2D eigenvalue weighted by molar-refractivity contribution is 5.99. The number of aryl methyl sites for hydroxylation is 1. The summed E-state index contributed by atoms with van der Waals surface area (Å²) in [6, 6.07) is 0. The summed E-state index contributed by atoms with van der Waals surface area (Å²) in [5, 5.41) is 7.16. The first-order chi connectivity index (χ1) is 10.5. The number of hydrogen-bond donors (Lipinski definition) is 2. The van der Waals surface area contributed by atoms with Gasteiger partial charge in [-0.25, -0.2) is 0 Å². The molecule has 0 unspecified atom stereocenters. The highest BCUT2D eigenvalue weighted by atomic mass is 16.2. The minimum atomic E-state index is -0.910. The van der Waals surface area contributed by atoms with E-state index < -0.39 is 11.4 Å². The van der Waals surface area contributed by atoms with Crippen molar-refractivity contribution in [2.45, 2.75) is 70.9 Å². The molecule has 122 valence electrons.